The van der Waals surface area contributed by atoms with Gasteiger partial charge in [0.15, 0.2) is 0 Å². The van der Waals surface area contributed by atoms with Crippen molar-refractivity contribution in [3.8, 4) is 17.1 Å². The van der Waals surface area contributed by atoms with Crippen LogP contribution >= 0.6 is 23.2 Å². The van der Waals surface area contributed by atoms with E-state index in [9.17, 15) is 4.79 Å². The number of nitrogens with one attached hydrogen (secondary N) is 1. The minimum Gasteiger partial charge on any atom is -0.497 e. The molecule has 0 bridgehead atoms. The smallest absolute Gasteiger partial charge is 0.271 e. The van der Waals surface area contributed by atoms with E-state index in [1.807, 2.05) is 0 Å². The molecule has 0 aliphatic rings. The normalized spacial score (nSPS) is 10.9. The maximum atomic E-state index is 12.0. The van der Waals surface area contributed by atoms with Crippen molar-refractivity contribution in [2.24, 2.45) is 5.10 Å². The number of hydrazone groups is 1. The van der Waals surface area contributed by atoms with Crippen LogP contribution < -0.4 is 10.2 Å². The Bertz CT molecular complexity index is 950. The molecule has 0 unspecified atom stereocenters. The molecule has 1 amide bonds. The summed E-state index contributed by atoms with van der Waals surface area (Å²) in [7, 11) is 1.56. The fourth-order valence-electron chi connectivity index (χ4n) is 2.22. The molecule has 0 spiro atoms. The molecular formula is C19H14Cl2N2O3. The summed E-state index contributed by atoms with van der Waals surface area (Å²) in [6, 6.07) is 15.3. The van der Waals surface area contributed by atoms with Gasteiger partial charge in [0.25, 0.3) is 5.91 Å². The third-order valence-electron chi connectivity index (χ3n) is 3.53. The van der Waals surface area contributed by atoms with Gasteiger partial charge >= 0.3 is 0 Å². The molecule has 0 saturated carbocycles. The summed E-state index contributed by atoms with van der Waals surface area (Å²) in [5.41, 5.74) is 3.63. The standard InChI is InChI=1S/C19H14Cl2N2O3/c1-25-14-5-2-12(3-6-14)19(24)23-22-11-15-7-9-18(26-15)16-8-4-13(20)10-17(16)21/h2-11H,1H3,(H,23,24)/b22-11-. The molecule has 1 N–H and O–H groups in total. The van der Waals surface area contributed by atoms with Crippen LogP contribution in [0.25, 0.3) is 11.3 Å². The van der Waals surface area contributed by atoms with Gasteiger partial charge in [-0.2, -0.15) is 5.10 Å². The minimum atomic E-state index is -0.337. The first-order valence-electron chi connectivity index (χ1n) is 7.59. The Morgan fingerprint density at radius 2 is 1.88 bits per heavy atom. The molecule has 5 nitrogen and oxygen atoms in total. The van der Waals surface area contributed by atoms with Gasteiger partial charge in [-0.3, -0.25) is 4.79 Å². The molecule has 0 atom stereocenters. The van der Waals surface area contributed by atoms with Crippen molar-refractivity contribution < 1.29 is 13.9 Å². The van der Waals surface area contributed by atoms with Crippen LogP contribution in [0.15, 0.2) is 64.1 Å². The summed E-state index contributed by atoms with van der Waals surface area (Å²) in [6.07, 6.45) is 1.41. The van der Waals surface area contributed by atoms with Crippen LogP contribution in [0.4, 0.5) is 0 Å². The maximum Gasteiger partial charge on any atom is 0.271 e. The topological polar surface area (TPSA) is 63.8 Å². The highest BCUT2D eigenvalue weighted by Gasteiger charge is 2.09. The van der Waals surface area contributed by atoms with Crippen LogP contribution in [0.2, 0.25) is 10.0 Å². The molecule has 0 radical (unpaired) electrons. The second kappa shape index (κ2) is 8.08. The molecule has 132 valence electrons. The van der Waals surface area contributed by atoms with Gasteiger partial charge in [0.1, 0.15) is 17.3 Å². The van der Waals surface area contributed by atoms with Gasteiger partial charge in [-0.15, -0.1) is 0 Å². The molecule has 26 heavy (non-hydrogen) atoms. The highest BCUT2D eigenvalue weighted by molar-refractivity contribution is 6.36. The van der Waals surface area contributed by atoms with Crippen LogP contribution in [-0.2, 0) is 0 Å². The van der Waals surface area contributed by atoms with E-state index >= 15 is 0 Å². The van der Waals surface area contributed by atoms with Gasteiger partial charge < -0.3 is 9.15 Å². The van der Waals surface area contributed by atoms with Crippen LogP contribution in [0, 0.1) is 0 Å². The van der Waals surface area contributed by atoms with E-state index in [2.05, 4.69) is 10.5 Å². The predicted molar refractivity (Wildman–Crippen MR) is 102 cm³/mol. The molecule has 0 aliphatic carbocycles. The number of furan rings is 1. The van der Waals surface area contributed by atoms with E-state index in [0.717, 1.165) is 5.56 Å². The van der Waals surface area contributed by atoms with E-state index in [0.29, 0.717) is 32.9 Å². The quantitative estimate of drug-likeness (QED) is 0.492. The zero-order chi connectivity index (χ0) is 18.5. The number of carbonyl (C=O) groups excluding carboxylic acids is 1. The van der Waals surface area contributed by atoms with Crippen LogP contribution in [0.5, 0.6) is 5.75 Å². The van der Waals surface area contributed by atoms with Gasteiger partial charge in [0.2, 0.25) is 0 Å². The van der Waals surface area contributed by atoms with E-state index in [4.69, 9.17) is 32.4 Å². The second-order valence-electron chi connectivity index (χ2n) is 5.25. The summed E-state index contributed by atoms with van der Waals surface area (Å²) in [5, 5.41) is 4.94. The number of amides is 1. The number of hydrogen-bond acceptors (Lipinski definition) is 4. The lowest BCUT2D eigenvalue weighted by molar-refractivity contribution is 0.0955. The minimum absolute atomic E-state index is 0.337. The van der Waals surface area contributed by atoms with Gasteiger partial charge in [-0.25, -0.2) is 5.43 Å². The number of methoxy groups -OCH3 is 1. The molecule has 0 aliphatic heterocycles. The highest BCUT2D eigenvalue weighted by atomic mass is 35.5. The van der Waals surface area contributed by atoms with Crippen molar-refractivity contribution in [3.05, 3.63) is 76.0 Å². The Kier molecular flexibility index (Phi) is 5.61. The number of carbonyl (C=O) groups is 1. The largest absolute Gasteiger partial charge is 0.497 e. The third-order valence-corrected chi connectivity index (χ3v) is 4.08. The Morgan fingerprint density at radius 1 is 1.12 bits per heavy atom. The Hall–Kier alpha value is -2.76. The van der Waals surface area contributed by atoms with E-state index in [1.165, 1.54) is 6.21 Å². The van der Waals surface area contributed by atoms with Gasteiger partial charge in [0.05, 0.1) is 18.3 Å². The number of halogens is 2. The zero-order valence-electron chi connectivity index (χ0n) is 13.7. The monoisotopic (exact) mass is 388 g/mol. The highest BCUT2D eigenvalue weighted by Crippen LogP contribution is 2.31. The molecule has 0 fully saturated rings. The molecule has 2 aromatic carbocycles. The van der Waals surface area contributed by atoms with Crippen molar-refractivity contribution in [3.63, 3.8) is 0 Å². The Morgan fingerprint density at radius 3 is 2.58 bits per heavy atom. The van der Waals surface area contributed by atoms with Crippen LogP contribution in [-0.4, -0.2) is 19.2 Å². The van der Waals surface area contributed by atoms with Gasteiger partial charge in [-0.1, -0.05) is 23.2 Å². The van der Waals surface area contributed by atoms with Crippen molar-refractivity contribution >= 4 is 35.3 Å². The number of ether oxygens (including phenoxy) is 1. The summed E-state index contributed by atoms with van der Waals surface area (Å²) in [4.78, 5) is 12.0. The number of rotatable bonds is 5. The fraction of sp³-hybridized carbons (Fsp3) is 0.0526. The van der Waals surface area contributed by atoms with E-state index < -0.39 is 0 Å². The lowest BCUT2D eigenvalue weighted by Crippen LogP contribution is -2.17. The molecular weight excluding hydrogens is 375 g/mol. The molecule has 0 saturated heterocycles. The first-order chi connectivity index (χ1) is 12.6. The lowest BCUT2D eigenvalue weighted by atomic mass is 10.2. The number of benzene rings is 2. The fourth-order valence-corrected chi connectivity index (χ4v) is 2.72. The van der Waals surface area contributed by atoms with Gasteiger partial charge in [-0.05, 0) is 54.6 Å². The third kappa shape index (κ3) is 4.25. The van der Waals surface area contributed by atoms with E-state index in [-0.39, 0.29) is 5.91 Å². The SMILES string of the molecule is COc1ccc(C(=O)N/N=C\c2ccc(-c3ccc(Cl)cc3Cl)o2)cc1. The summed E-state index contributed by atoms with van der Waals surface area (Å²) >= 11 is 12.1. The summed E-state index contributed by atoms with van der Waals surface area (Å²) < 4.78 is 10.7. The number of hydrogen-bond donors (Lipinski definition) is 1. The zero-order valence-corrected chi connectivity index (χ0v) is 15.2. The first kappa shape index (κ1) is 18.0. The Labute approximate surface area is 160 Å². The van der Waals surface area contributed by atoms with Crippen LogP contribution in [0.1, 0.15) is 16.1 Å². The van der Waals surface area contributed by atoms with E-state index in [1.54, 1.807) is 61.7 Å². The molecule has 1 heterocycles. The molecule has 3 rings (SSSR count). The number of nitrogens with zero attached hydrogens (tertiary/aromatic N) is 1. The predicted octanol–water partition coefficient (Wildman–Crippen LogP) is 5.03. The molecule has 1 aromatic heterocycles. The summed E-state index contributed by atoms with van der Waals surface area (Å²) in [6.45, 7) is 0. The molecule has 3 aromatic rings. The average Bonchev–Trinajstić information content (AvgIpc) is 3.10. The van der Waals surface area contributed by atoms with Crippen molar-refractivity contribution in [1.29, 1.82) is 0 Å². The maximum absolute atomic E-state index is 12.0. The van der Waals surface area contributed by atoms with Crippen LogP contribution in [0.3, 0.4) is 0 Å². The first-order valence-corrected chi connectivity index (χ1v) is 8.35. The Balaban J connectivity index is 1.65. The van der Waals surface area contributed by atoms with Crippen molar-refractivity contribution in [2.75, 3.05) is 7.11 Å². The van der Waals surface area contributed by atoms with Crippen molar-refractivity contribution in [1.82, 2.24) is 5.43 Å². The van der Waals surface area contributed by atoms with Crippen molar-refractivity contribution in [2.45, 2.75) is 0 Å². The summed E-state index contributed by atoms with van der Waals surface area (Å²) in [5.74, 6) is 1.39. The second-order valence-corrected chi connectivity index (χ2v) is 6.10. The molecule has 7 heteroatoms. The average molecular weight is 389 g/mol. The van der Waals surface area contributed by atoms with Gasteiger partial charge in [0, 0.05) is 16.1 Å². The lowest BCUT2D eigenvalue weighted by Gasteiger charge is -2.02.